The van der Waals surface area contributed by atoms with Crippen LogP contribution in [0, 0.1) is 18.8 Å². The van der Waals surface area contributed by atoms with E-state index in [0.29, 0.717) is 43.3 Å². The number of aromatic amines is 1. The fourth-order valence-corrected chi connectivity index (χ4v) is 5.79. The molecule has 3 heterocycles. The van der Waals surface area contributed by atoms with E-state index in [-0.39, 0.29) is 16.9 Å². The minimum absolute atomic E-state index is 0.0619. The third-order valence-corrected chi connectivity index (χ3v) is 8.02. The molecule has 0 atom stereocenters. The van der Waals surface area contributed by atoms with E-state index in [9.17, 15) is 13.2 Å². The summed E-state index contributed by atoms with van der Waals surface area (Å²) in [5, 5.41) is 9.93. The standard InChI is InChI=1S/C21H30N4O4S/c1-15-13-18(24-23-15)19-7-8-20(29-19)30(27,28)25-11-9-17(10-12-25)21(26)22-14-16-5-3-2-4-6-16/h7-8,13,16-17H,2-6,9-12,14H2,1H3,(H,22,26)(H,23,24). The number of nitrogens with one attached hydrogen (secondary N) is 2. The van der Waals surface area contributed by atoms with Crippen molar-refractivity contribution in [3.63, 3.8) is 0 Å². The summed E-state index contributed by atoms with van der Waals surface area (Å²) in [5.41, 5.74) is 1.44. The van der Waals surface area contributed by atoms with Crippen molar-refractivity contribution in [2.75, 3.05) is 19.6 Å². The van der Waals surface area contributed by atoms with Crippen LogP contribution in [-0.4, -0.2) is 48.5 Å². The van der Waals surface area contributed by atoms with Crippen molar-refractivity contribution in [2.24, 2.45) is 11.8 Å². The molecule has 8 nitrogen and oxygen atoms in total. The van der Waals surface area contributed by atoms with Gasteiger partial charge >= 0.3 is 0 Å². The molecular formula is C21H30N4O4S. The minimum atomic E-state index is -3.72. The number of aromatic nitrogens is 2. The van der Waals surface area contributed by atoms with Crippen LogP contribution in [0.5, 0.6) is 0 Å². The summed E-state index contributed by atoms with van der Waals surface area (Å²) >= 11 is 0. The number of carbonyl (C=O) groups excluding carboxylic acids is 1. The Hall–Kier alpha value is -2.13. The highest BCUT2D eigenvalue weighted by atomic mass is 32.2. The Morgan fingerprint density at radius 2 is 1.93 bits per heavy atom. The molecule has 2 N–H and O–H groups in total. The van der Waals surface area contributed by atoms with Crippen LogP contribution in [-0.2, 0) is 14.8 Å². The van der Waals surface area contributed by atoms with Crippen LogP contribution in [0.25, 0.3) is 11.5 Å². The molecule has 0 radical (unpaired) electrons. The van der Waals surface area contributed by atoms with E-state index in [0.717, 1.165) is 12.2 Å². The zero-order valence-corrected chi connectivity index (χ0v) is 18.2. The lowest BCUT2D eigenvalue weighted by molar-refractivity contribution is -0.126. The Labute approximate surface area is 177 Å². The average molecular weight is 435 g/mol. The molecule has 30 heavy (non-hydrogen) atoms. The number of carbonyl (C=O) groups is 1. The Bertz CT molecular complexity index is 967. The first-order valence-electron chi connectivity index (χ1n) is 10.8. The molecule has 1 aliphatic heterocycles. The van der Waals surface area contributed by atoms with Gasteiger partial charge in [-0.2, -0.15) is 9.40 Å². The summed E-state index contributed by atoms with van der Waals surface area (Å²) < 4.78 is 32.9. The molecule has 0 unspecified atom stereocenters. The van der Waals surface area contributed by atoms with Crippen molar-refractivity contribution in [1.29, 1.82) is 0 Å². The van der Waals surface area contributed by atoms with E-state index >= 15 is 0 Å². The van der Waals surface area contributed by atoms with Gasteiger partial charge in [-0.05, 0) is 56.7 Å². The Morgan fingerprint density at radius 3 is 2.60 bits per heavy atom. The van der Waals surface area contributed by atoms with Gasteiger partial charge in [0, 0.05) is 31.2 Å². The molecule has 4 rings (SSSR count). The maximum absolute atomic E-state index is 12.9. The third-order valence-electron chi connectivity index (χ3n) is 6.25. The van der Waals surface area contributed by atoms with Crippen molar-refractivity contribution in [1.82, 2.24) is 19.8 Å². The lowest BCUT2D eigenvalue weighted by Gasteiger charge is -2.30. The van der Waals surface area contributed by atoms with E-state index in [2.05, 4.69) is 15.5 Å². The quantitative estimate of drug-likeness (QED) is 0.726. The van der Waals surface area contributed by atoms with Gasteiger partial charge in [0.2, 0.25) is 11.0 Å². The number of amides is 1. The number of sulfonamides is 1. The zero-order chi connectivity index (χ0) is 21.1. The summed E-state index contributed by atoms with van der Waals surface area (Å²) in [6.07, 6.45) is 7.26. The highest BCUT2D eigenvalue weighted by molar-refractivity contribution is 7.89. The summed E-state index contributed by atoms with van der Waals surface area (Å²) in [6.45, 7) is 3.26. The largest absolute Gasteiger partial charge is 0.442 e. The highest BCUT2D eigenvalue weighted by Crippen LogP contribution is 2.29. The topological polar surface area (TPSA) is 108 Å². The summed E-state index contributed by atoms with van der Waals surface area (Å²) in [5.74, 6) is 0.940. The second kappa shape index (κ2) is 8.93. The molecule has 0 bridgehead atoms. The van der Waals surface area contributed by atoms with Gasteiger partial charge in [-0.15, -0.1) is 0 Å². The van der Waals surface area contributed by atoms with E-state index < -0.39 is 10.0 Å². The van der Waals surface area contributed by atoms with E-state index in [1.54, 1.807) is 12.1 Å². The number of piperidine rings is 1. The lowest BCUT2D eigenvalue weighted by atomic mass is 9.89. The van der Waals surface area contributed by atoms with Crippen molar-refractivity contribution >= 4 is 15.9 Å². The molecule has 1 saturated heterocycles. The Kier molecular flexibility index (Phi) is 6.29. The second-order valence-corrected chi connectivity index (χ2v) is 10.4. The molecule has 1 aliphatic carbocycles. The van der Waals surface area contributed by atoms with Crippen LogP contribution in [0.3, 0.4) is 0 Å². The first-order valence-corrected chi connectivity index (χ1v) is 12.3. The fraction of sp³-hybridized carbons (Fsp3) is 0.619. The zero-order valence-electron chi connectivity index (χ0n) is 17.4. The highest BCUT2D eigenvalue weighted by Gasteiger charge is 2.34. The van der Waals surface area contributed by atoms with E-state index in [4.69, 9.17) is 4.42 Å². The van der Waals surface area contributed by atoms with Gasteiger partial charge in [0.1, 0.15) is 5.69 Å². The van der Waals surface area contributed by atoms with Gasteiger partial charge < -0.3 is 9.73 Å². The molecule has 2 fully saturated rings. The molecule has 2 aliphatic rings. The predicted molar refractivity (Wildman–Crippen MR) is 112 cm³/mol. The molecule has 164 valence electrons. The first kappa shape index (κ1) is 21.1. The van der Waals surface area contributed by atoms with Gasteiger partial charge in [0.15, 0.2) is 5.76 Å². The molecule has 2 aromatic heterocycles. The molecule has 1 saturated carbocycles. The number of furan rings is 1. The molecule has 9 heteroatoms. The number of hydrogen-bond acceptors (Lipinski definition) is 5. The summed E-state index contributed by atoms with van der Waals surface area (Å²) in [6, 6.07) is 4.89. The SMILES string of the molecule is Cc1cc(-c2ccc(S(=O)(=O)N3CCC(C(=O)NCC4CCCCC4)CC3)o2)n[nH]1. The van der Waals surface area contributed by atoms with Crippen LogP contribution in [0.4, 0.5) is 0 Å². The van der Waals surface area contributed by atoms with Crippen molar-refractivity contribution < 1.29 is 17.6 Å². The van der Waals surface area contributed by atoms with Crippen molar-refractivity contribution in [2.45, 2.75) is 57.0 Å². The van der Waals surface area contributed by atoms with Gasteiger partial charge in [-0.25, -0.2) is 8.42 Å². The first-order chi connectivity index (χ1) is 14.4. The monoisotopic (exact) mass is 434 g/mol. The van der Waals surface area contributed by atoms with Gasteiger partial charge in [0.05, 0.1) is 0 Å². The van der Waals surface area contributed by atoms with Crippen LogP contribution in [0.15, 0.2) is 27.7 Å². The molecule has 1 amide bonds. The van der Waals surface area contributed by atoms with Crippen molar-refractivity contribution in [3.05, 3.63) is 23.9 Å². The van der Waals surface area contributed by atoms with Crippen LogP contribution in [0.2, 0.25) is 0 Å². The number of aryl methyl sites for hydroxylation is 1. The molecule has 0 aromatic carbocycles. The van der Waals surface area contributed by atoms with Gasteiger partial charge in [0.25, 0.3) is 10.0 Å². The third kappa shape index (κ3) is 4.62. The minimum Gasteiger partial charge on any atom is -0.442 e. The predicted octanol–water partition coefficient (Wildman–Crippen LogP) is 3.08. The van der Waals surface area contributed by atoms with Crippen molar-refractivity contribution in [3.8, 4) is 11.5 Å². The molecule has 2 aromatic rings. The number of nitrogens with zero attached hydrogens (tertiary/aromatic N) is 2. The van der Waals surface area contributed by atoms with Gasteiger partial charge in [-0.1, -0.05) is 19.3 Å². The number of rotatable bonds is 6. The molecular weight excluding hydrogens is 404 g/mol. The second-order valence-electron chi connectivity index (χ2n) is 8.48. The van der Waals surface area contributed by atoms with Crippen LogP contribution < -0.4 is 5.32 Å². The maximum Gasteiger partial charge on any atom is 0.276 e. The van der Waals surface area contributed by atoms with Crippen LogP contribution >= 0.6 is 0 Å². The summed E-state index contributed by atoms with van der Waals surface area (Å²) in [4.78, 5) is 12.5. The average Bonchev–Trinajstić information content (AvgIpc) is 3.42. The lowest BCUT2D eigenvalue weighted by Crippen LogP contribution is -2.43. The van der Waals surface area contributed by atoms with Crippen LogP contribution in [0.1, 0.15) is 50.6 Å². The Morgan fingerprint density at radius 1 is 1.20 bits per heavy atom. The van der Waals surface area contributed by atoms with E-state index in [1.807, 2.05) is 6.92 Å². The fourth-order valence-electron chi connectivity index (χ4n) is 4.41. The van der Waals surface area contributed by atoms with Gasteiger partial charge in [-0.3, -0.25) is 9.89 Å². The van der Waals surface area contributed by atoms with E-state index in [1.165, 1.54) is 42.5 Å². The number of hydrogen-bond donors (Lipinski definition) is 2. The number of H-pyrrole nitrogens is 1. The maximum atomic E-state index is 12.9. The normalized spacial score (nSPS) is 19.8. The Balaban J connectivity index is 1.31. The molecule has 0 spiro atoms. The smallest absolute Gasteiger partial charge is 0.276 e. The summed E-state index contributed by atoms with van der Waals surface area (Å²) in [7, 11) is -3.72.